The van der Waals surface area contributed by atoms with E-state index in [1.807, 2.05) is 120 Å². The lowest BCUT2D eigenvalue weighted by Crippen LogP contribution is -2.10. The first-order chi connectivity index (χ1) is 30.4. The Labute approximate surface area is 343 Å². The summed E-state index contributed by atoms with van der Waals surface area (Å²) in [5, 5.41) is 6.49. The van der Waals surface area contributed by atoms with E-state index in [4.69, 9.17) is 4.42 Å². The molecule has 0 saturated heterocycles. The maximum Gasteiger partial charge on any atom is 0.143 e. The standard InChI is InChI=1S/C56H37NO/c1-2-11-38(12-3-1)39-23-25-40(26-24-39)41-27-32-46(33-28-41)57(47-34-29-44(30-35-47)50-20-9-15-42-13-4-6-18-49(42)50)48-17-8-16-45(37-48)51-21-10-22-54-55(51)53-36-31-43-14-5-7-19-52(43)56(53)58-54/h1-37H/i27D,28D,32D,33D. The quantitative estimate of drug-likeness (QED) is 0.162. The van der Waals surface area contributed by atoms with E-state index >= 15 is 0 Å². The minimum absolute atomic E-state index is 0.108. The van der Waals surface area contributed by atoms with E-state index in [-0.39, 0.29) is 35.4 Å². The molecular formula is C56H37NO. The molecule has 2 nitrogen and oxygen atoms in total. The summed E-state index contributed by atoms with van der Waals surface area (Å²) in [4.78, 5) is 1.86. The molecule has 0 radical (unpaired) electrons. The molecule has 0 saturated carbocycles. The monoisotopic (exact) mass is 743 g/mol. The predicted molar refractivity (Wildman–Crippen MR) is 245 cm³/mol. The molecule has 0 aliphatic heterocycles. The fraction of sp³-hybridized carbons (Fsp3) is 0. The first-order valence-corrected chi connectivity index (χ1v) is 19.5. The summed E-state index contributed by atoms with van der Waals surface area (Å²) < 4.78 is 44.6. The van der Waals surface area contributed by atoms with Gasteiger partial charge in [-0.15, -0.1) is 0 Å². The maximum absolute atomic E-state index is 9.61. The van der Waals surface area contributed by atoms with E-state index in [9.17, 15) is 5.48 Å². The minimum atomic E-state index is -0.133. The Kier molecular flexibility index (Phi) is 7.20. The Morgan fingerprint density at radius 2 is 0.931 bits per heavy atom. The fourth-order valence-electron chi connectivity index (χ4n) is 8.30. The van der Waals surface area contributed by atoms with Gasteiger partial charge >= 0.3 is 0 Å². The topological polar surface area (TPSA) is 16.4 Å². The van der Waals surface area contributed by atoms with Gasteiger partial charge in [0, 0.05) is 33.2 Å². The number of anilines is 3. The number of rotatable bonds is 7. The van der Waals surface area contributed by atoms with Crippen LogP contribution in [0.2, 0.25) is 0 Å². The van der Waals surface area contributed by atoms with Gasteiger partial charge in [-0.05, 0) is 109 Å². The Morgan fingerprint density at radius 1 is 0.345 bits per heavy atom. The Morgan fingerprint density at radius 3 is 1.72 bits per heavy atom. The largest absolute Gasteiger partial charge is 0.455 e. The molecule has 0 amide bonds. The van der Waals surface area contributed by atoms with Crippen molar-refractivity contribution >= 4 is 60.5 Å². The van der Waals surface area contributed by atoms with Crippen molar-refractivity contribution in [2.45, 2.75) is 0 Å². The van der Waals surface area contributed by atoms with Crippen molar-refractivity contribution in [1.29, 1.82) is 0 Å². The first kappa shape index (κ1) is 29.6. The van der Waals surface area contributed by atoms with Gasteiger partial charge in [-0.25, -0.2) is 0 Å². The molecule has 11 rings (SSSR count). The zero-order valence-corrected chi connectivity index (χ0v) is 31.4. The summed E-state index contributed by atoms with van der Waals surface area (Å²) in [6, 6.07) is 66.7. The van der Waals surface area contributed by atoms with Crippen LogP contribution in [-0.2, 0) is 0 Å². The number of nitrogens with zero attached hydrogens (tertiary/aromatic N) is 1. The molecule has 10 aromatic carbocycles. The first-order valence-electron chi connectivity index (χ1n) is 21.5. The second kappa shape index (κ2) is 14.1. The van der Waals surface area contributed by atoms with Gasteiger partial charge in [-0.2, -0.15) is 0 Å². The summed E-state index contributed by atoms with van der Waals surface area (Å²) in [7, 11) is 0. The predicted octanol–water partition coefficient (Wildman–Crippen LogP) is 16.0. The zero-order valence-electron chi connectivity index (χ0n) is 35.4. The van der Waals surface area contributed by atoms with Gasteiger partial charge in [-0.1, -0.05) is 176 Å². The van der Waals surface area contributed by atoms with Crippen LogP contribution < -0.4 is 4.90 Å². The SMILES string of the molecule is [2H]c1c([2H])c(N(c2ccc(-c3cccc4ccccc34)cc2)c2cccc(-c3cccc4oc5c6ccccc6ccc5c34)c2)c([2H])c([2H])c1-c1ccc(-c2ccccc2)cc1. The van der Waals surface area contributed by atoms with Crippen LogP contribution in [0.1, 0.15) is 5.48 Å². The second-order valence-electron chi connectivity index (χ2n) is 14.6. The van der Waals surface area contributed by atoms with Gasteiger partial charge in [0.2, 0.25) is 0 Å². The molecule has 58 heavy (non-hydrogen) atoms. The van der Waals surface area contributed by atoms with Gasteiger partial charge in [0.25, 0.3) is 0 Å². The average molecular weight is 744 g/mol. The van der Waals surface area contributed by atoms with E-state index in [1.54, 1.807) is 0 Å². The minimum Gasteiger partial charge on any atom is -0.455 e. The highest BCUT2D eigenvalue weighted by Gasteiger charge is 2.18. The van der Waals surface area contributed by atoms with E-state index in [0.29, 0.717) is 16.9 Å². The van der Waals surface area contributed by atoms with Crippen molar-refractivity contribution in [3.05, 3.63) is 224 Å². The zero-order chi connectivity index (χ0) is 41.9. The molecule has 1 aromatic heterocycles. The van der Waals surface area contributed by atoms with E-state index < -0.39 is 0 Å². The third kappa shape index (κ3) is 5.91. The molecular weight excluding hydrogens is 703 g/mol. The molecule has 272 valence electrons. The van der Waals surface area contributed by atoms with Crippen molar-refractivity contribution in [2.75, 3.05) is 4.90 Å². The van der Waals surface area contributed by atoms with Gasteiger partial charge in [0.05, 0.1) is 5.48 Å². The smallest absolute Gasteiger partial charge is 0.143 e. The summed E-state index contributed by atoms with van der Waals surface area (Å²) in [6.45, 7) is 0. The summed E-state index contributed by atoms with van der Waals surface area (Å²) in [5.41, 5.74) is 10.2. The molecule has 1 heterocycles. The van der Waals surface area contributed by atoms with Crippen LogP contribution in [0.25, 0.3) is 88.0 Å². The van der Waals surface area contributed by atoms with Crippen molar-refractivity contribution in [2.24, 2.45) is 0 Å². The molecule has 0 aliphatic carbocycles. The van der Waals surface area contributed by atoms with Crippen LogP contribution in [0.3, 0.4) is 0 Å². The van der Waals surface area contributed by atoms with Crippen LogP contribution in [0.5, 0.6) is 0 Å². The lowest BCUT2D eigenvalue weighted by molar-refractivity contribution is 0.673. The lowest BCUT2D eigenvalue weighted by atomic mass is 9.97. The molecule has 2 heteroatoms. The van der Waals surface area contributed by atoms with Crippen molar-refractivity contribution in [3.8, 4) is 44.5 Å². The van der Waals surface area contributed by atoms with Crippen LogP contribution in [-0.4, -0.2) is 0 Å². The Hall–Kier alpha value is -7.68. The number of fused-ring (bicyclic) bond motifs is 6. The Balaban J connectivity index is 1.08. The number of furan rings is 1. The number of hydrogen-bond donors (Lipinski definition) is 0. The van der Waals surface area contributed by atoms with Gasteiger partial charge in [0.1, 0.15) is 11.2 Å². The number of benzene rings is 10. The third-order valence-electron chi connectivity index (χ3n) is 11.1. The van der Waals surface area contributed by atoms with Crippen LogP contribution in [0.4, 0.5) is 17.1 Å². The van der Waals surface area contributed by atoms with Crippen LogP contribution >= 0.6 is 0 Å². The van der Waals surface area contributed by atoms with E-state index in [1.165, 1.54) is 0 Å². The second-order valence-corrected chi connectivity index (χ2v) is 14.6. The van der Waals surface area contributed by atoms with Gasteiger partial charge in [-0.3, -0.25) is 0 Å². The normalized spacial score (nSPS) is 12.4. The molecule has 0 N–H and O–H groups in total. The highest BCUT2D eigenvalue weighted by molar-refractivity contribution is 6.19. The van der Waals surface area contributed by atoms with Crippen molar-refractivity contribution in [1.82, 2.24) is 0 Å². The fourth-order valence-corrected chi connectivity index (χ4v) is 8.30. The van der Waals surface area contributed by atoms with Crippen LogP contribution in [0, 0.1) is 0 Å². The molecule has 0 aliphatic rings. The molecule has 0 fully saturated rings. The number of hydrogen-bond acceptors (Lipinski definition) is 2. The van der Waals surface area contributed by atoms with Crippen molar-refractivity contribution < 1.29 is 9.90 Å². The molecule has 11 aromatic rings. The van der Waals surface area contributed by atoms with E-state index in [0.717, 1.165) is 76.9 Å². The molecule has 0 atom stereocenters. The molecule has 0 unspecified atom stereocenters. The lowest BCUT2D eigenvalue weighted by Gasteiger charge is -2.26. The summed E-state index contributed by atoms with van der Waals surface area (Å²) >= 11 is 0. The van der Waals surface area contributed by atoms with Crippen molar-refractivity contribution in [3.63, 3.8) is 0 Å². The van der Waals surface area contributed by atoms with E-state index in [2.05, 4.69) is 84.9 Å². The highest BCUT2D eigenvalue weighted by atomic mass is 16.3. The van der Waals surface area contributed by atoms with Gasteiger partial charge < -0.3 is 9.32 Å². The summed E-state index contributed by atoms with van der Waals surface area (Å²) in [5.74, 6) is 0. The average Bonchev–Trinajstić information content (AvgIpc) is 3.73. The third-order valence-corrected chi connectivity index (χ3v) is 11.1. The Bertz CT molecular complexity index is 3470. The molecule has 0 bridgehead atoms. The summed E-state index contributed by atoms with van der Waals surface area (Å²) in [6.07, 6.45) is 0. The molecule has 0 spiro atoms. The van der Waals surface area contributed by atoms with Crippen LogP contribution in [0.15, 0.2) is 229 Å². The highest BCUT2D eigenvalue weighted by Crippen LogP contribution is 2.43. The van der Waals surface area contributed by atoms with Gasteiger partial charge in [0.15, 0.2) is 0 Å². The maximum atomic E-state index is 9.61.